The zero-order valence-electron chi connectivity index (χ0n) is 10.3. The van der Waals surface area contributed by atoms with Gasteiger partial charge >= 0.3 is 0 Å². The molecular weight excluding hydrogens is 321 g/mol. The maximum Gasteiger partial charge on any atom is 0.194 e. The van der Waals surface area contributed by atoms with Crippen LogP contribution < -0.4 is 0 Å². The highest BCUT2D eigenvalue weighted by Crippen LogP contribution is 2.24. The van der Waals surface area contributed by atoms with Crippen molar-refractivity contribution >= 4 is 32.6 Å². The monoisotopic (exact) mass is 329 g/mol. The van der Waals surface area contributed by atoms with E-state index in [-0.39, 0.29) is 10.3 Å². The molecular formula is C16H9BrFNO. The maximum absolute atomic E-state index is 13.5. The first-order chi connectivity index (χ1) is 9.66. The highest BCUT2D eigenvalue weighted by Gasteiger charge is 2.15. The van der Waals surface area contributed by atoms with E-state index >= 15 is 0 Å². The van der Waals surface area contributed by atoms with Crippen molar-refractivity contribution in [2.45, 2.75) is 0 Å². The van der Waals surface area contributed by atoms with Crippen LogP contribution in [0.5, 0.6) is 0 Å². The summed E-state index contributed by atoms with van der Waals surface area (Å²) in [5.74, 6) is -0.682. The average molecular weight is 330 g/mol. The number of aromatic nitrogens is 1. The Bertz CT molecular complexity index is 816. The van der Waals surface area contributed by atoms with Crippen LogP contribution in [0.2, 0.25) is 0 Å². The van der Waals surface area contributed by atoms with Crippen molar-refractivity contribution in [3.63, 3.8) is 0 Å². The molecule has 0 N–H and O–H groups in total. The zero-order chi connectivity index (χ0) is 14.1. The first kappa shape index (κ1) is 12.9. The Morgan fingerprint density at radius 2 is 1.95 bits per heavy atom. The summed E-state index contributed by atoms with van der Waals surface area (Å²) in [5, 5.41) is 0.961. The molecule has 0 fully saturated rings. The van der Waals surface area contributed by atoms with Crippen LogP contribution in [0, 0.1) is 5.82 Å². The van der Waals surface area contributed by atoms with Gasteiger partial charge in [-0.2, -0.15) is 0 Å². The third-order valence-corrected chi connectivity index (χ3v) is 3.87. The van der Waals surface area contributed by atoms with E-state index in [1.165, 1.54) is 12.1 Å². The molecule has 20 heavy (non-hydrogen) atoms. The number of pyridine rings is 1. The topological polar surface area (TPSA) is 30.0 Å². The molecule has 0 radical (unpaired) electrons. The number of halogens is 2. The molecule has 0 atom stereocenters. The summed E-state index contributed by atoms with van der Waals surface area (Å²) in [7, 11) is 0. The second-order valence-corrected chi connectivity index (χ2v) is 5.13. The van der Waals surface area contributed by atoms with E-state index in [2.05, 4.69) is 20.9 Å². The van der Waals surface area contributed by atoms with Crippen molar-refractivity contribution in [1.82, 2.24) is 4.98 Å². The van der Waals surface area contributed by atoms with Crippen molar-refractivity contribution in [3.8, 4) is 0 Å². The molecule has 0 spiro atoms. The van der Waals surface area contributed by atoms with Crippen LogP contribution in [-0.4, -0.2) is 10.8 Å². The molecule has 0 unspecified atom stereocenters. The molecule has 0 saturated heterocycles. The van der Waals surface area contributed by atoms with Crippen LogP contribution in [0.15, 0.2) is 59.2 Å². The second-order valence-electron chi connectivity index (χ2n) is 4.34. The first-order valence-electron chi connectivity index (χ1n) is 6.00. The summed E-state index contributed by atoms with van der Waals surface area (Å²) in [5.41, 5.74) is 1.54. The fourth-order valence-corrected chi connectivity index (χ4v) is 2.49. The molecule has 4 heteroatoms. The molecule has 0 aliphatic heterocycles. The number of nitrogens with zero attached hydrogens (tertiary/aromatic N) is 1. The number of fused-ring (bicyclic) bond motifs is 1. The number of carbonyl (C=O) groups is 1. The van der Waals surface area contributed by atoms with Crippen LogP contribution in [0.3, 0.4) is 0 Å². The zero-order valence-corrected chi connectivity index (χ0v) is 11.9. The Balaban J connectivity index is 2.10. The Kier molecular flexibility index (Phi) is 3.32. The number of rotatable bonds is 2. The molecule has 0 amide bonds. The summed E-state index contributed by atoms with van der Waals surface area (Å²) >= 11 is 3.12. The van der Waals surface area contributed by atoms with Crippen molar-refractivity contribution < 1.29 is 9.18 Å². The molecule has 0 bridgehead atoms. The van der Waals surface area contributed by atoms with Gasteiger partial charge in [0, 0.05) is 22.7 Å². The van der Waals surface area contributed by atoms with E-state index in [4.69, 9.17) is 0 Å². The van der Waals surface area contributed by atoms with Gasteiger partial charge in [-0.25, -0.2) is 4.39 Å². The highest BCUT2D eigenvalue weighted by atomic mass is 79.9. The van der Waals surface area contributed by atoms with Gasteiger partial charge in [0.2, 0.25) is 0 Å². The normalized spacial score (nSPS) is 10.7. The van der Waals surface area contributed by atoms with Crippen LogP contribution in [0.4, 0.5) is 4.39 Å². The molecule has 0 saturated carbocycles. The molecule has 0 aliphatic carbocycles. The minimum atomic E-state index is -0.449. The van der Waals surface area contributed by atoms with E-state index < -0.39 is 5.82 Å². The Morgan fingerprint density at radius 3 is 2.80 bits per heavy atom. The lowest BCUT2D eigenvalue weighted by Crippen LogP contribution is -2.03. The molecule has 1 aromatic heterocycles. The molecule has 98 valence electrons. The summed E-state index contributed by atoms with van der Waals surface area (Å²) in [4.78, 5) is 16.7. The molecule has 2 nitrogen and oxygen atoms in total. The summed E-state index contributed by atoms with van der Waals surface area (Å²) in [6.07, 6.45) is 1.68. The molecule has 3 rings (SSSR count). The lowest BCUT2D eigenvalue weighted by atomic mass is 10.0. The molecule has 3 aromatic rings. The Morgan fingerprint density at radius 1 is 1.10 bits per heavy atom. The van der Waals surface area contributed by atoms with Gasteiger partial charge in [-0.3, -0.25) is 9.78 Å². The summed E-state index contributed by atoms with van der Waals surface area (Å²) < 4.78 is 13.7. The predicted molar refractivity (Wildman–Crippen MR) is 79.3 cm³/mol. The molecule has 2 aromatic carbocycles. The van der Waals surface area contributed by atoms with Gasteiger partial charge < -0.3 is 0 Å². The Labute approximate surface area is 123 Å². The average Bonchev–Trinajstić information content (AvgIpc) is 2.49. The van der Waals surface area contributed by atoms with E-state index in [9.17, 15) is 9.18 Å². The molecule has 0 aliphatic rings. The van der Waals surface area contributed by atoms with Crippen molar-refractivity contribution in [2.75, 3.05) is 0 Å². The summed E-state index contributed by atoms with van der Waals surface area (Å²) in [6, 6.07) is 13.5. The maximum atomic E-state index is 13.5. The van der Waals surface area contributed by atoms with Gasteiger partial charge in [-0.1, -0.05) is 24.3 Å². The SMILES string of the molecule is O=C(c1ccc2cccnc2c1)c1cccc(F)c1Br. The second kappa shape index (κ2) is 5.13. The number of benzene rings is 2. The number of carbonyl (C=O) groups excluding carboxylic acids is 1. The van der Waals surface area contributed by atoms with E-state index in [1.807, 2.05) is 18.2 Å². The number of ketones is 1. The van der Waals surface area contributed by atoms with Crippen LogP contribution in [-0.2, 0) is 0 Å². The summed E-state index contributed by atoms with van der Waals surface area (Å²) in [6.45, 7) is 0. The van der Waals surface area contributed by atoms with Gasteiger partial charge in [0.05, 0.1) is 9.99 Å². The largest absolute Gasteiger partial charge is 0.289 e. The van der Waals surface area contributed by atoms with Crippen molar-refractivity contribution in [1.29, 1.82) is 0 Å². The van der Waals surface area contributed by atoms with Crippen LogP contribution in [0.1, 0.15) is 15.9 Å². The van der Waals surface area contributed by atoms with E-state index in [0.717, 1.165) is 10.9 Å². The van der Waals surface area contributed by atoms with Crippen LogP contribution in [0.25, 0.3) is 10.9 Å². The van der Waals surface area contributed by atoms with E-state index in [1.54, 1.807) is 24.4 Å². The van der Waals surface area contributed by atoms with Gasteiger partial charge in [0.1, 0.15) is 5.82 Å². The third kappa shape index (κ3) is 2.23. The fraction of sp³-hybridized carbons (Fsp3) is 0. The number of hydrogen-bond acceptors (Lipinski definition) is 2. The van der Waals surface area contributed by atoms with Gasteiger partial charge in [-0.15, -0.1) is 0 Å². The standard InChI is InChI=1S/C16H9BrFNO/c17-15-12(4-1-5-13(15)18)16(20)11-7-6-10-3-2-8-19-14(10)9-11/h1-9H. The third-order valence-electron chi connectivity index (χ3n) is 3.06. The van der Waals surface area contributed by atoms with Gasteiger partial charge in [0.25, 0.3) is 0 Å². The Hall–Kier alpha value is -2.07. The van der Waals surface area contributed by atoms with Crippen molar-refractivity contribution in [2.24, 2.45) is 0 Å². The smallest absolute Gasteiger partial charge is 0.194 e. The number of hydrogen-bond donors (Lipinski definition) is 0. The van der Waals surface area contributed by atoms with Gasteiger partial charge in [-0.05, 0) is 40.2 Å². The van der Waals surface area contributed by atoms with E-state index in [0.29, 0.717) is 11.1 Å². The highest BCUT2D eigenvalue weighted by molar-refractivity contribution is 9.10. The first-order valence-corrected chi connectivity index (χ1v) is 6.79. The van der Waals surface area contributed by atoms with Crippen LogP contribution >= 0.6 is 15.9 Å². The lowest BCUT2D eigenvalue weighted by Gasteiger charge is -2.05. The fourth-order valence-electron chi connectivity index (χ4n) is 2.04. The quantitative estimate of drug-likeness (QED) is 0.653. The minimum absolute atomic E-state index is 0.186. The predicted octanol–water partition coefficient (Wildman–Crippen LogP) is 4.37. The van der Waals surface area contributed by atoms with Crippen molar-refractivity contribution in [3.05, 3.63) is 76.1 Å². The molecule has 1 heterocycles. The van der Waals surface area contributed by atoms with Gasteiger partial charge in [0.15, 0.2) is 5.78 Å². The minimum Gasteiger partial charge on any atom is -0.289 e. The lowest BCUT2D eigenvalue weighted by molar-refractivity contribution is 0.103.